The normalized spacial score (nSPS) is 11.1. The number of rotatable bonds is 3. The lowest BCUT2D eigenvalue weighted by Crippen LogP contribution is -1.92. The Morgan fingerprint density at radius 1 is 1.00 bits per heavy atom. The van der Waals surface area contributed by atoms with Gasteiger partial charge in [0.2, 0.25) is 0 Å². The SMILES string of the molecule is CSC(SC)c1ccc2ccccc2n1. The van der Waals surface area contributed by atoms with Gasteiger partial charge < -0.3 is 0 Å². The molecule has 0 bridgehead atoms. The Hall–Kier alpha value is -0.670. The molecule has 0 amide bonds. The van der Waals surface area contributed by atoms with E-state index in [4.69, 9.17) is 0 Å². The molecule has 0 fully saturated rings. The van der Waals surface area contributed by atoms with Gasteiger partial charge in [0, 0.05) is 5.39 Å². The first-order chi connectivity index (χ1) is 7.35. The Labute approximate surface area is 98.7 Å². The van der Waals surface area contributed by atoms with E-state index in [0.29, 0.717) is 4.58 Å². The molecular weight excluding hydrogens is 222 g/mol. The summed E-state index contributed by atoms with van der Waals surface area (Å²) in [6, 6.07) is 12.5. The molecule has 0 saturated heterocycles. The third-order valence-corrected chi connectivity index (χ3v) is 4.78. The van der Waals surface area contributed by atoms with Crippen molar-refractivity contribution in [2.24, 2.45) is 0 Å². The van der Waals surface area contributed by atoms with E-state index in [1.807, 2.05) is 35.7 Å². The lowest BCUT2D eigenvalue weighted by molar-refractivity contribution is 1.21. The van der Waals surface area contributed by atoms with Crippen LogP contribution in [0.1, 0.15) is 10.3 Å². The summed E-state index contributed by atoms with van der Waals surface area (Å²) >= 11 is 3.66. The van der Waals surface area contributed by atoms with Gasteiger partial charge >= 0.3 is 0 Å². The predicted octanol–water partition coefficient (Wildman–Crippen LogP) is 3.96. The monoisotopic (exact) mass is 235 g/mol. The van der Waals surface area contributed by atoms with Gasteiger partial charge in [0.25, 0.3) is 0 Å². The number of para-hydroxylation sites is 1. The van der Waals surface area contributed by atoms with Crippen molar-refractivity contribution in [3.8, 4) is 0 Å². The van der Waals surface area contributed by atoms with E-state index in [0.717, 1.165) is 11.2 Å². The molecule has 2 aromatic rings. The van der Waals surface area contributed by atoms with Crippen LogP contribution in [0.25, 0.3) is 10.9 Å². The molecule has 0 unspecified atom stereocenters. The summed E-state index contributed by atoms with van der Waals surface area (Å²) in [6.45, 7) is 0. The summed E-state index contributed by atoms with van der Waals surface area (Å²) in [5.41, 5.74) is 2.25. The first kappa shape index (κ1) is 10.8. The fraction of sp³-hybridized carbons (Fsp3) is 0.250. The molecule has 3 heteroatoms. The van der Waals surface area contributed by atoms with Gasteiger partial charge in [-0.1, -0.05) is 24.3 Å². The van der Waals surface area contributed by atoms with Crippen LogP contribution in [-0.4, -0.2) is 17.5 Å². The molecule has 0 radical (unpaired) electrons. The van der Waals surface area contributed by atoms with Crippen molar-refractivity contribution in [3.63, 3.8) is 0 Å². The summed E-state index contributed by atoms with van der Waals surface area (Å²) < 4.78 is 0.439. The van der Waals surface area contributed by atoms with Crippen LogP contribution in [-0.2, 0) is 0 Å². The molecule has 0 aliphatic heterocycles. The molecule has 0 spiro atoms. The quantitative estimate of drug-likeness (QED) is 0.747. The van der Waals surface area contributed by atoms with Gasteiger partial charge in [0.05, 0.1) is 15.8 Å². The number of pyridine rings is 1. The first-order valence-corrected chi connectivity index (χ1v) is 7.34. The molecular formula is C12H13NS2. The van der Waals surface area contributed by atoms with Gasteiger partial charge in [-0.05, 0) is 24.6 Å². The van der Waals surface area contributed by atoms with E-state index in [9.17, 15) is 0 Å². The highest BCUT2D eigenvalue weighted by molar-refractivity contribution is 8.15. The van der Waals surface area contributed by atoms with Gasteiger partial charge in [-0.15, -0.1) is 23.5 Å². The van der Waals surface area contributed by atoms with Crippen LogP contribution < -0.4 is 0 Å². The average Bonchev–Trinajstić information content (AvgIpc) is 2.30. The topological polar surface area (TPSA) is 12.9 Å². The van der Waals surface area contributed by atoms with Gasteiger partial charge in [0.15, 0.2) is 0 Å². The van der Waals surface area contributed by atoms with E-state index in [1.165, 1.54) is 5.39 Å². The summed E-state index contributed by atoms with van der Waals surface area (Å²) in [6.07, 6.45) is 4.25. The van der Waals surface area contributed by atoms with E-state index < -0.39 is 0 Å². The van der Waals surface area contributed by atoms with Crippen LogP contribution in [0.4, 0.5) is 0 Å². The zero-order chi connectivity index (χ0) is 10.7. The molecule has 1 heterocycles. The Balaban J connectivity index is 2.46. The molecule has 0 atom stereocenters. The van der Waals surface area contributed by atoms with Crippen LogP contribution in [0.3, 0.4) is 0 Å². The summed E-state index contributed by atoms with van der Waals surface area (Å²) in [4.78, 5) is 4.68. The fourth-order valence-corrected chi connectivity index (χ4v) is 3.07. The van der Waals surface area contributed by atoms with Crippen LogP contribution in [0.5, 0.6) is 0 Å². The maximum Gasteiger partial charge on any atom is 0.0916 e. The fourth-order valence-electron chi connectivity index (χ4n) is 1.55. The molecule has 0 aliphatic rings. The molecule has 1 aromatic carbocycles. The second-order valence-electron chi connectivity index (χ2n) is 3.23. The third kappa shape index (κ3) is 2.29. The smallest absolute Gasteiger partial charge is 0.0916 e. The molecule has 0 N–H and O–H groups in total. The Morgan fingerprint density at radius 3 is 2.47 bits per heavy atom. The number of nitrogens with zero attached hydrogens (tertiary/aromatic N) is 1. The second-order valence-corrected chi connectivity index (χ2v) is 5.42. The molecule has 0 aliphatic carbocycles. The Morgan fingerprint density at radius 2 is 1.73 bits per heavy atom. The highest BCUT2D eigenvalue weighted by atomic mass is 32.2. The van der Waals surface area contributed by atoms with Crippen molar-refractivity contribution < 1.29 is 0 Å². The number of fused-ring (bicyclic) bond motifs is 1. The molecule has 78 valence electrons. The first-order valence-electron chi connectivity index (χ1n) is 4.76. The molecule has 0 saturated carbocycles. The lowest BCUT2D eigenvalue weighted by atomic mass is 10.2. The Bertz CT molecular complexity index is 452. The number of hydrogen-bond acceptors (Lipinski definition) is 3. The Kier molecular flexibility index (Phi) is 3.54. The van der Waals surface area contributed by atoms with E-state index in [2.05, 4.69) is 41.8 Å². The van der Waals surface area contributed by atoms with Crippen molar-refractivity contribution in [1.82, 2.24) is 4.98 Å². The standard InChI is InChI=1S/C12H13NS2/c1-14-12(15-2)11-8-7-9-5-3-4-6-10(9)13-11/h3-8,12H,1-2H3. The lowest BCUT2D eigenvalue weighted by Gasteiger charge is -2.11. The number of benzene rings is 1. The van der Waals surface area contributed by atoms with Gasteiger partial charge in [-0.3, -0.25) is 4.98 Å². The van der Waals surface area contributed by atoms with Crippen molar-refractivity contribution in [2.75, 3.05) is 12.5 Å². The summed E-state index contributed by atoms with van der Waals surface area (Å²) in [5.74, 6) is 0. The summed E-state index contributed by atoms with van der Waals surface area (Å²) in [5, 5.41) is 1.21. The molecule has 1 aromatic heterocycles. The zero-order valence-corrected chi connectivity index (χ0v) is 10.4. The number of thioether (sulfide) groups is 2. The van der Waals surface area contributed by atoms with Gasteiger partial charge in [0.1, 0.15) is 0 Å². The number of hydrogen-bond donors (Lipinski definition) is 0. The van der Waals surface area contributed by atoms with Crippen LogP contribution in [0.2, 0.25) is 0 Å². The maximum atomic E-state index is 4.68. The van der Waals surface area contributed by atoms with E-state index in [1.54, 1.807) is 0 Å². The maximum absolute atomic E-state index is 4.68. The van der Waals surface area contributed by atoms with Gasteiger partial charge in [-0.25, -0.2) is 0 Å². The van der Waals surface area contributed by atoms with Crippen molar-refractivity contribution in [2.45, 2.75) is 4.58 Å². The zero-order valence-electron chi connectivity index (χ0n) is 8.81. The molecule has 2 rings (SSSR count). The number of aromatic nitrogens is 1. The van der Waals surface area contributed by atoms with Crippen molar-refractivity contribution >= 4 is 34.4 Å². The van der Waals surface area contributed by atoms with Crippen LogP contribution >= 0.6 is 23.5 Å². The highest BCUT2D eigenvalue weighted by Gasteiger charge is 2.09. The predicted molar refractivity (Wildman–Crippen MR) is 71.5 cm³/mol. The largest absolute Gasteiger partial charge is 0.251 e. The van der Waals surface area contributed by atoms with Crippen LogP contribution in [0, 0.1) is 0 Å². The minimum Gasteiger partial charge on any atom is -0.251 e. The average molecular weight is 235 g/mol. The van der Waals surface area contributed by atoms with E-state index in [-0.39, 0.29) is 0 Å². The minimum absolute atomic E-state index is 0.439. The van der Waals surface area contributed by atoms with Crippen molar-refractivity contribution in [1.29, 1.82) is 0 Å². The summed E-state index contributed by atoms with van der Waals surface area (Å²) in [7, 11) is 0. The highest BCUT2D eigenvalue weighted by Crippen LogP contribution is 2.35. The minimum atomic E-state index is 0.439. The van der Waals surface area contributed by atoms with Crippen LogP contribution in [0.15, 0.2) is 36.4 Å². The second kappa shape index (κ2) is 4.90. The third-order valence-electron chi connectivity index (χ3n) is 2.29. The van der Waals surface area contributed by atoms with Gasteiger partial charge in [-0.2, -0.15) is 0 Å². The molecule has 15 heavy (non-hydrogen) atoms. The molecule has 1 nitrogen and oxygen atoms in total. The van der Waals surface area contributed by atoms with Crippen molar-refractivity contribution in [3.05, 3.63) is 42.1 Å². The van der Waals surface area contributed by atoms with E-state index >= 15 is 0 Å².